The van der Waals surface area contributed by atoms with Crippen molar-refractivity contribution >= 4 is 0 Å². The van der Waals surface area contributed by atoms with Crippen LogP contribution in [0.4, 0.5) is 0 Å². The Labute approximate surface area is 104 Å². The van der Waals surface area contributed by atoms with Gasteiger partial charge in [-0.25, -0.2) is 0 Å². The molecule has 1 N–H and O–H groups in total. The third kappa shape index (κ3) is 2.00. The fourth-order valence-electron chi connectivity index (χ4n) is 3.46. The topological polar surface area (TPSA) is 15.3 Å². The van der Waals surface area contributed by atoms with Gasteiger partial charge in [0.2, 0.25) is 0 Å². The van der Waals surface area contributed by atoms with Gasteiger partial charge in [0.1, 0.15) is 0 Å². The fourth-order valence-corrected chi connectivity index (χ4v) is 3.46. The maximum atomic E-state index is 3.51. The molecule has 1 aromatic carbocycles. The molecule has 0 bridgehead atoms. The van der Waals surface area contributed by atoms with Crippen molar-refractivity contribution in [2.45, 2.75) is 19.9 Å². The van der Waals surface area contributed by atoms with Gasteiger partial charge in [-0.3, -0.25) is 4.90 Å². The predicted molar refractivity (Wildman–Crippen MR) is 71.0 cm³/mol. The molecular formula is C15H22N2. The lowest BCUT2D eigenvalue weighted by molar-refractivity contribution is 0.243. The molecule has 2 aliphatic heterocycles. The van der Waals surface area contributed by atoms with E-state index in [0.29, 0.717) is 6.04 Å². The van der Waals surface area contributed by atoms with E-state index in [1.54, 1.807) is 0 Å². The van der Waals surface area contributed by atoms with Crippen LogP contribution in [0.3, 0.4) is 0 Å². The van der Waals surface area contributed by atoms with E-state index >= 15 is 0 Å². The van der Waals surface area contributed by atoms with E-state index in [1.807, 2.05) is 0 Å². The van der Waals surface area contributed by atoms with E-state index < -0.39 is 0 Å². The van der Waals surface area contributed by atoms with Gasteiger partial charge in [-0.15, -0.1) is 0 Å². The molecule has 0 aromatic heterocycles. The van der Waals surface area contributed by atoms with Gasteiger partial charge in [-0.05, 0) is 49.9 Å². The average molecular weight is 230 g/mol. The lowest BCUT2D eigenvalue weighted by Crippen LogP contribution is -2.28. The largest absolute Gasteiger partial charge is 0.316 e. The quantitative estimate of drug-likeness (QED) is 0.838. The van der Waals surface area contributed by atoms with Crippen molar-refractivity contribution in [1.29, 1.82) is 0 Å². The molecule has 0 aliphatic carbocycles. The van der Waals surface area contributed by atoms with E-state index in [-0.39, 0.29) is 0 Å². The van der Waals surface area contributed by atoms with Crippen LogP contribution < -0.4 is 5.32 Å². The van der Waals surface area contributed by atoms with Crippen molar-refractivity contribution in [3.8, 4) is 0 Å². The zero-order valence-corrected chi connectivity index (χ0v) is 10.8. The van der Waals surface area contributed by atoms with Crippen LogP contribution in [0, 0.1) is 18.8 Å². The van der Waals surface area contributed by atoms with E-state index in [1.165, 1.54) is 37.3 Å². The molecule has 0 spiro atoms. The lowest BCUT2D eigenvalue weighted by atomic mass is 10.0. The highest BCUT2D eigenvalue weighted by Gasteiger charge is 2.37. The Morgan fingerprint density at radius 3 is 2.47 bits per heavy atom. The van der Waals surface area contributed by atoms with Crippen molar-refractivity contribution in [2.24, 2.45) is 11.8 Å². The van der Waals surface area contributed by atoms with Crippen LogP contribution in [0.1, 0.15) is 24.1 Å². The molecule has 2 heteroatoms. The average Bonchev–Trinajstić information content (AvgIpc) is 2.88. The standard InChI is InChI=1S/C15H22N2/c1-11-5-3-4-6-15(11)12(2)17-9-13-7-16-8-14(13)10-17/h3-6,12-14,16H,7-10H2,1-2H3/t12?,13-,14+. The Morgan fingerprint density at radius 1 is 1.18 bits per heavy atom. The Balaban J connectivity index is 1.75. The Bertz CT molecular complexity index is 390. The highest BCUT2D eigenvalue weighted by Crippen LogP contribution is 2.33. The summed E-state index contributed by atoms with van der Waals surface area (Å²) in [6, 6.07) is 9.38. The van der Waals surface area contributed by atoms with Crippen molar-refractivity contribution in [2.75, 3.05) is 26.2 Å². The molecule has 2 fully saturated rings. The molecule has 92 valence electrons. The Morgan fingerprint density at radius 2 is 1.82 bits per heavy atom. The first-order chi connectivity index (χ1) is 8.25. The summed E-state index contributed by atoms with van der Waals surface area (Å²) in [6.45, 7) is 9.57. The molecule has 0 amide bonds. The summed E-state index contributed by atoms with van der Waals surface area (Å²) >= 11 is 0. The minimum atomic E-state index is 0.571. The number of nitrogens with one attached hydrogen (secondary N) is 1. The first kappa shape index (κ1) is 11.2. The SMILES string of the molecule is Cc1ccccc1C(C)N1C[C@H]2CNC[C@H]2C1. The number of nitrogens with zero attached hydrogens (tertiary/aromatic N) is 1. The van der Waals surface area contributed by atoms with Crippen LogP contribution in [-0.4, -0.2) is 31.1 Å². The minimum absolute atomic E-state index is 0.571. The first-order valence-corrected chi connectivity index (χ1v) is 6.76. The van der Waals surface area contributed by atoms with Crippen molar-refractivity contribution < 1.29 is 0 Å². The van der Waals surface area contributed by atoms with Crippen LogP contribution in [0.15, 0.2) is 24.3 Å². The molecule has 2 nitrogen and oxygen atoms in total. The third-order valence-corrected chi connectivity index (χ3v) is 4.60. The van der Waals surface area contributed by atoms with Crippen LogP contribution in [0.5, 0.6) is 0 Å². The summed E-state index contributed by atoms with van der Waals surface area (Å²) in [5, 5.41) is 3.51. The van der Waals surface area contributed by atoms with Gasteiger partial charge in [-0.2, -0.15) is 0 Å². The van der Waals surface area contributed by atoms with Gasteiger partial charge in [-0.1, -0.05) is 24.3 Å². The highest BCUT2D eigenvalue weighted by molar-refractivity contribution is 5.28. The Hall–Kier alpha value is -0.860. The first-order valence-electron chi connectivity index (χ1n) is 6.76. The van der Waals surface area contributed by atoms with E-state index in [2.05, 4.69) is 48.3 Å². The molecule has 2 aliphatic rings. The van der Waals surface area contributed by atoms with Crippen molar-refractivity contribution in [3.05, 3.63) is 35.4 Å². The molecule has 17 heavy (non-hydrogen) atoms. The number of rotatable bonds is 2. The second kappa shape index (κ2) is 4.43. The van der Waals surface area contributed by atoms with Crippen LogP contribution in [0.25, 0.3) is 0 Å². The second-order valence-electron chi connectivity index (χ2n) is 5.66. The monoisotopic (exact) mass is 230 g/mol. The number of likely N-dealkylation sites (tertiary alicyclic amines) is 1. The third-order valence-electron chi connectivity index (χ3n) is 4.60. The van der Waals surface area contributed by atoms with Crippen LogP contribution >= 0.6 is 0 Å². The number of benzene rings is 1. The van der Waals surface area contributed by atoms with Crippen molar-refractivity contribution in [3.63, 3.8) is 0 Å². The molecule has 1 aromatic rings. The lowest BCUT2D eigenvalue weighted by Gasteiger charge is -2.26. The highest BCUT2D eigenvalue weighted by atomic mass is 15.2. The smallest absolute Gasteiger partial charge is 0.0322 e. The van der Waals surface area contributed by atoms with Gasteiger partial charge >= 0.3 is 0 Å². The van der Waals surface area contributed by atoms with Crippen LogP contribution in [0.2, 0.25) is 0 Å². The maximum Gasteiger partial charge on any atom is 0.0322 e. The van der Waals surface area contributed by atoms with E-state index in [9.17, 15) is 0 Å². The minimum Gasteiger partial charge on any atom is -0.316 e. The van der Waals surface area contributed by atoms with Crippen molar-refractivity contribution in [1.82, 2.24) is 10.2 Å². The molecule has 0 saturated carbocycles. The number of fused-ring (bicyclic) bond motifs is 1. The Kier molecular flexibility index (Phi) is 2.93. The summed E-state index contributed by atoms with van der Waals surface area (Å²) in [4.78, 5) is 2.67. The molecule has 3 rings (SSSR count). The van der Waals surface area contributed by atoms with Gasteiger partial charge in [0.05, 0.1) is 0 Å². The maximum absolute atomic E-state index is 3.51. The zero-order valence-electron chi connectivity index (χ0n) is 10.8. The van der Waals surface area contributed by atoms with E-state index in [0.717, 1.165) is 11.8 Å². The molecule has 0 radical (unpaired) electrons. The summed E-state index contributed by atoms with van der Waals surface area (Å²) < 4.78 is 0. The van der Waals surface area contributed by atoms with Gasteiger partial charge < -0.3 is 5.32 Å². The van der Waals surface area contributed by atoms with Gasteiger partial charge in [0, 0.05) is 19.1 Å². The van der Waals surface area contributed by atoms with Crippen LogP contribution in [-0.2, 0) is 0 Å². The number of hydrogen-bond acceptors (Lipinski definition) is 2. The number of aryl methyl sites for hydroxylation is 1. The summed E-state index contributed by atoms with van der Waals surface area (Å²) in [6.07, 6.45) is 0. The molecular weight excluding hydrogens is 208 g/mol. The number of hydrogen-bond donors (Lipinski definition) is 1. The molecule has 2 heterocycles. The molecule has 3 atom stereocenters. The van der Waals surface area contributed by atoms with Gasteiger partial charge in [0.25, 0.3) is 0 Å². The molecule has 2 saturated heterocycles. The second-order valence-corrected chi connectivity index (χ2v) is 5.66. The normalized spacial score (nSPS) is 30.5. The summed E-state index contributed by atoms with van der Waals surface area (Å²) in [5.74, 6) is 1.78. The summed E-state index contributed by atoms with van der Waals surface area (Å²) in [7, 11) is 0. The summed E-state index contributed by atoms with van der Waals surface area (Å²) in [5.41, 5.74) is 2.93. The molecule has 1 unspecified atom stereocenters. The van der Waals surface area contributed by atoms with E-state index in [4.69, 9.17) is 0 Å². The zero-order chi connectivity index (χ0) is 11.8. The predicted octanol–water partition coefficient (Wildman–Crippen LogP) is 2.21. The van der Waals surface area contributed by atoms with Gasteiger partial charge in [0.15, 0.2) is 0 Å². The fraction of sp³-hybridized carbons (Fsp3) is 0.600.